The zero-order valence-electron chi connectivity index (χ0n) is 18.6. The molecule has 34 heavy (non-hydrogen) atoms. The number of carboxylic acid groups (broad SMARTS) is 2. The number of carboxylic acids is 2. The number of hydrogen-bond donors (Lipinski definition) is 4. The van der Waals surface area contributed by atoms with Gasteiger partial charge in [-0.15, -0.1) is 0 Å². The lowest BCUT2D eigenvalue weighted by Crippen LogP contribution is -2.17. The number of H-pyrrole nitrogens is 1. The largest absolute Gasteiger partial charge is 0.478 e. The van der Waals surface area contributed by atoms with E-state index >= 15 is 0 Å². The first-order valence-corrected chi connectivity index (χ1v) is 11.3. The maximum Gasteiger partial charge on any atom is 0.335 e. The number of nitrogens with one attached hydrogen (secondary N) is 2. The maximum absolute atomic E-state index is 13.2. The third kappa shape index (κ3) is 5.48. The van der Waals surface area contributed by atoms with Crippen molar-refractivity contribution in [3.05, 3.63) is 65.2 Å². The van der Waals surface area contributed by atoms with Gasteiger partial charge in [0.1, 0.15) is 11.5 Å². The highest BCUT2D eigenvalue weighted by Gasteiger charge is 2.23. The molecule has 9 heteroatoms. The van der Waals surface area contributed by atoms with Gasteiger partial charge in [-0.05, 0) is 42.7 Å². The molecule has 4 N–H and O–H groups in total. The van der Waals surface area contributed by atoms with Crippen LogP contribution in [-0.4, -0.2) is 43.0 Å². The van der Waals surface area contributed by atoms with E-state index in [1.165, 1.54) is 25.0 Å². The van der Waals surface area contributed by atoms with Gasteiger partial charge >= 0.3 is 11.9 Å². The lowest BCUT2D eigenvalue weighted by Gasteiger charge is -2.14. The van der Waals surface area contributed by atoms with E-state index < -0.39 is 17.8 Å². The zero-order valence-corrected chi connectivity index (χ0v) is 18.6. The Labute approximate surface area is 196 Å². The lowest BCUT2D eigenvalue weighted by molar-refractivity contribution is 0.0696. The van der Waals surface area contributed by atoms with Crippen molar-refractivity contribution in [3.8, 4) is 11.4 Å². The summed E-state index contributed by atoms with van der Waals surface area (Å²) in [6.45, 7) is 0. The summed E-state index contributed by atoms with van der Waals surface area (Å²) in [5.74, 6) is -2.15. The van der Waals surface area contributed by atoms with Crippen LogP contribution < -0.4 is 5.32 Å². The first-order valence-electron chi connectivity index (χ1n) is 11.3. The highest BCUT2D eigenvalue weighted by atomic mass is 16.4. The number of pyridine rings is 1. The van der Waals surface area contributed by atoms with Gasteiger partial charge in [0.2, 0.25) is 0 Å². The van der Waals surface area contributed by atoms with E-state index in [0.717, 1.165) is 37.3 Å². The van der Waals surface area contributed by atoms with Crippen LogP contribution in [0.15, 0.2) is 42.7 Å². The number of aromatic nitrogens is 3. The van der Waals surface area contributed by atoms with Crippen molar-refractivity contribution < 1.29 is 24.6 Å². The number of nitrogens with zero attached hydrogens (tertiary/aromatic N) is 2. The van der Waals surface area contributed by atoms with Gasteiger partial charge in [0.25, 0.3) is 5.91 Å². The molecule has 1 saturated carbocycles. The number of benzene rings is 1. The normalized spacial score (nSPS) is 14.4. The summed E-state index contributed by atoms with van der Waals surface area (Å²) in [6.07, 6.45) is 10.9. The van der Waals surface area contributed by atoms with Crippen molar-refractivity contribution in [2.75, 3.05) is 5.32 Å². The SMILES string of the molecule is O=C(O)c1cc(NC(=O)c2nc(-c3cccnc3)[nH]c2CC2CCCCCC2)cc(C(=O)O)c1. The molecule has 1 aliphatic rings. The van der Waals surface area contributed by atoms with Crippen LogP contribution in [0, 0.1) is 5.92 Å². The number of imidazole rings is 1. The molecule has 4 rings (SSSR count). The van der Waals surface area contributed by atoms with Crippen LogP contribution >= 0.6 is 0 Å². The Morgan fingerprint density at radius 3 is 2.26 bits per heavy atom. The molecule has 9 nitrogen and oxygen atoms in total. The fourth-order valence-corrected chi connectivity index (χ4v) is 4.38. The molecule has 2 aromatic heterocycles. The van der Waals surface area contributed by atoms with Gasteiger partial charge in [-0.3, -0.25) is 9.78 Å². The molecule has 1 aromatic carbocycles. The second kappa shape index (κ2) is 10.3. The summed E-state index contributed by atoms with van der Waals surface area (Å²) in [6, 6.07) is 7.14. The van der Waals surface area contributed by atoms with Crippen molar-refractivity contribution in [1.82, 2.24) is 15.0 Å². The minimum atomic E-state index is -1.29. The van der Waals surface area contributed by atoms with Gasteiger partial charge in [-0.25, -0.2) is 14.6 Å². The monoisotopic (exact) mass is 462 g/mol. The summed E-state index contributed by atoms with van der Waals surface area (Å²) in [5.41, 5.74) is 1.27. The molecule has 0 spiro atoms. The molecular formula is C25H26N4O5. The summed E-state index contributed by atoms with van der Waals surface area (Å²) in [5, 5.41) is 21.3. The summed E-state index contributed by atoms with van der Waals surface area (Å²) < 4.78 is 0. The first-order chi connectivity index (χ1) is 16.4. The number of rotatable bonds is 7. The molecule has 2 heterocycles. The molecule has 1 amide bonds. The molecule has 0 radical (unpaired) electrons. The van der Waals surface area contributed by atoms with Crippen LogP contribution in [0.3, 0.4) is 0 Å². The predicted octanol–water partition coefficient (Wildman–Crippen LogP) is 4.63. The van der Waals surface area contributed by atoms with Gasteiger partial charge < -0.3 is 20.5 Å². The van der Waals surface area contributed by atoms with E-state index in [-0.39, 0.29) is 22.5 Å². The standard InChI is InChI=1S/C25H26N4O5/c30-23(27-19-12-17(24(31)32)11-18(13-19)25(33)34)21-20(10-15-6-3-1-2-4-7-15)28-22(29-21)16-8-5-9-26-14-16/h5,8-9,11-15H,1-4,6-7,10H2,(H,27,30)(H,28,29)(H,31,32)(H,33,34). The minimum Gasteiger partial charge on any atom is -0.478 e. The van der Waals surface area contributed by atoms with Crippen molar-refractivity contribution in [1.29, 1.82) is 0 Å². The molecule has 0 unspecified atom stereocenters. The third-order valence-corrected chi connectivity index (χ3v) is 6.08. The Morgan fingerprint density at radius 2 is 1.68 bits per heavy atom. The number of hydrogen-bond acceptors (Lipinski definition) is 5. The Morgan fingerprint density at radius 1 is 1.00 bits per heavy atom. The van der Waals surface area contributed by atoms with E-state index in [4.69, 9.17) is 0 Å². The molecular weight excluding hydrogens is 436 g/mol. The highest BCUT2D eigenvalue weighted by molar-refractivity contribution is 6.05. The van der Waals surface area contributed by atoms with E-state index in [1.807, 2.05) is 6.07 Å². The molecule has 1 aliphatic carbocycles. The van der Waals surface area contributed by atoms with E-state index in [1.54, 1.807) is 18.5 Å². The van der Waals surface area contributed by atoms with Crippen LogP contribution in [0.2, 0.25) is 0 Å². The van der Waals surface area contributed by atoms with Gasteiger partial charge in [0.05, 0.1) is 11.1 Å². The van der Waals surface area contributed by atoms with Crippen LogP contribution in [0.1, 0.15) is 75.4 Å². The second-order valence-electron chi connectivity index (χ2n) is 8.58. The smallest absolute Gasteiger partial charge is 0.335 e. The topological polar surface area (TPSA) is 145 Å². The third-order valence-electron chi connectivity index (χ3n) is 6.08. The van der Waals surface area contributed by atoms with Crippen molar-refractivity contribution in [2.24, 2.45) is 5.92 Å². The van der Waals surface area contributed by atoms with Crippen LogP contribution in [0.4, 0.5) is 5.69 Å². The number of aromatic amines is 1. The van der Waals surface area contributed by atoms with Crippen LogP contribution in [-0.2, 0) is 6.42 Å². The van der Waals surface area contributed by atoms with Crippen molar-refractivity contribution >= 4 is 23.5 Å². The number of aromatic carboxylic acids is 2. The highest BCUT2D eigenvalue weighted by Crippen LogP contribution is 2.28. The molecule has 0 saturated heterocycles. The lowest BCUT2D eigenvalue weighted by atomic mass is 9.94. The fourth-order valence-electron chi connectivity index (χ4n) is 4.38. The van der Waals surface area contributed by atoms with Gasteiger partial charge in [-0.2, -0.15) is 0 Å². The predicted molar refractivity (Wildman–Crippen MR) is 125 cm³/mol. The number of carbonyl (C=O) groups is 3. The van der Waals surface area contributed by atoms with E-state index in [2.05, 4.69) is 20.3 Å². The maximum atomic E-state index is 13.2. The molecule has 0 aliphatic heterocycles. The average molecular weight is 463 g/mol. The molecule has 176 valence electrons. The number of amides is 1. The van der Waals surface area contributed by atoms with Crippen molar-refractivity contribution in [3.63, 3.8) is 0 Å². The molecule has 1 fully saturated rings. The van der Waals surface area contributed by atoms with E-state index in [9.17, 15) is 24.6 Å². The molecule has 0 bridgehead atoms. The Hall–Kier alpha value is -4.01. The van der Waals surface area contributed by atoms with Gasteiger partial charge in [-0.1, -0.05) is 38.5 Å². The van der Waals surface area contributed by atoms with Gasteiger partial charge in [0, 0.05) is 29.3 Å². The quantitative estimate of drug-likeness (QED) is 0.374. The van der Waals surface area contributed by atoms with Gasteiger partial charge in [0.15, 0.2) is 0 Å². The second-order valence-corrected chi connectivity index (χ2v) is 8.58. The Kier molecular flexibility index (Phi) is 7.01. The minimum absolute atomic E-state index is 0.0774. The van der Waals surface area contributed by atoms with Crippen LogP contribution in [0.5, 0.6) is 0 Å². The first kappa shape index (κ1) is 23.2. The summed E-state index contributed by atoms with van der Waals surface area (Å²) >= 11 is 0. The molecule has 0 atom stereocenters. The van der Waals surface area contributed by atoms with Crippen LogP contribution in [0.25, 0.3) is 11.4 Å². The summed E-state index contributed by atoms with van der Waals surface area (Å²) in [4.78, 5) is 48.0. The number of anilines is 1. The Balaban J connectivity index is 1.66. The summed E-state index contributed by atoms with van der Waals surface area (Å²) in [7, 11) is 0. The Bertz CT molecular complexity index is 1170. The average Bonchev–Trinajstić information content (AvgIpc) is 3.07. The molecule has 3 aromatic rings. The number of carbonyl (C=O) groups excluding carboxylic acids is 1. The van der Waals surface area contributed by atoms with E-state index in [0.29, 0.717) is 23.9 Å². The zero-order chi connectivity index (χ0) is 24.1. The van der Waals surface area contributed by atoms with Crippen molar-refractivity contribution in [2.45, 2.75) is 44.9 Å². The fraction of sp³-hybridized carbons (Fsp3) is 0.320.